The highest BCUT2D eigenvalue weighted by Gasteiger charge is 2.49. The standard InChI is InChI=1S/C22H24ClNO4/c23-16-10-8-15(9-11-16)20(25)18-19(14-5-2-1-3-6-14)24(22(27)21(18)26)13-17-7-4-12-28-17/h1-2,8-11,14,17,19,25H,3-7,12-13H2/b20-18-. The van der Waals surface area contributed by atoms with E-state index in [9.17, 15) is 14.7 Å². The van der Waals surface area contributed by atoms with Gasteiger partial charge in [-0.15, -0.1) is 0 Å². The summed E-state index contributed by atoms with van der Waals surface area (Å²) in [6, 6.07) is 6.24. The number of aliphatic hydroxyl groups is 1. The second kappa shape index (κ2) is 8.10. The second-order valence-corrected chi connectivity index (χ2v) is 8.12. The first kappa shape index (κ1) is 19.2. The van der Waals surface area contributed by atoms with Gasteiger partial charge in [-0.2, -0.15) is 0 Å². The van der Waals surface area contributed by atoms with Crippen molar-refractivity contribution >= 4 is 29.1 Å². The number of carbonyl (C=O) groups is 2. The number of aliphatic hydroxyl groups excluding tert-OH is 1. The number of nitrogens with zero attached hydrogens (tertiary/aromatic N) is 1. The molecule has 0 aromatic heterocycles. The van der Waals surface area contributed by atoms with E-state index >= 15 is 0 Å². The largest absolute Gasteiger partial charge is 0.507 e. The van der Waals surface area contributed by atoms with Crippen molar-refractivity contribution in [1.29, 1.82) is 0 Å². The fraction of sp³-hybridized carbons (Fsp3) is 0.455. The van der Waals surface area contributed by atoms with Crippen LogP contribution in [0.4, 0.5) is 0 Å². The minimum atomic E-state index is -0.606. The van der Waals surface area contributed by atoms with Crippen LogP contribution in [0, 0.1) is 5.92 Å². The Morgan fingerprint density at radius 2 is 1.96 bits per heavy atom. The summed E-state index contributed by atoms with van der Waals surface area (Å²) in [5.74, 6) is -1.16. The van der Waals surface area contributed by atoms with E-state index in [4.69, 9.17) is 16.3 Å². The molecule has 28 heavy (non-hydrogen) atoms. The molecule has 0 radical (unpaired) electrons. The first-order valence-corrected chi connectivity index (χ1v) is 10.2. The minimum absolute atomic E-state index is 0.0459. The molecule has 6 heteroatoms. The van der Waals surface area contributed by atoms with Gasteiger partial charge >= 0.3 is 0 Å². The lowest BCUT2D eigenvalue weighted by Gasteiger charge is -2.33. The van der Waals surface area contributed by atoms with Crippen molar-refractivity contribution in [3.63, 3.8) is 0 Å². The fourth-order valence-electron chi connectivity index (χ4n) is 4.47. The van der Waals surface area contributed by atoms with Crippen molar-refractivity contribution < 1.29 is 19.4 Å². The predicted octanol–water partition coefficient (Wildman–Crippen LogP) is 3.92. The summed E-state index contributed by atoms with van der Waals surface area (Å²) in [5, 5.41) is 11.5. The average Bonchev–Trinajstić information content (AvgIpc) is 3.31. The highest BCUT2D eigenvalue weighted by molar-refractivity contribution is 6.46. The van der Waals surface area contributed by atoms with Gasteiger partial charge in [0.25, 0.3) is 11.7 Å². The van der Waals surface area contributed by atoms with Crippen LogP contribution >= 0.6 is 11.6 Å². The van der Waals surface area contributed by atoms with Crippen LogP contribution in [0.3, 0.4) is 0 Å². The van der Waals surface area contributed by atoms with E-state index in [0.717, 1.165) is 32.1 Å². The Bertz CT molecular complexity index is 823. The molecular formula is C22H24ClNO4. The highest BCUT2D eigenvalue weighted by Crippen LogP contribution is 2.38. The first-order valence-electron chi connectivity index (χ1n) is 9.87. The quantitative estimate of drug-likeness (QED) is 0.359. The summed E-state index contributed by atoms with van der Waals surface area (Å²) in [6.07, 6.45) is 8.60. The SMILES string of the molecule is O=C1C(=O)N(CC2CCCO2)C(C2CC=CCC2)/C1=C(/O)c1ccc(Cl)cc1. The number of Topliss-reactive ketones (excluding diaryl/α,β-unsaturated/α-hetero) is 1. The van der Waals surface area contributed by atoms with E-state index < -0.39 is 17.7 Å². The van der Waals surface area contributed by atoms with Crippen molar-refractivity contribution in [3.05, 3.63) is 52.6 Å². The van der Waals surface area contributed by atoms with Crippen molar-refractivity contribution in [3.8, 4) is 0 Å². The van der Waals surface area contributed by atoms with Gasteiger partial charge < -0.3 is 14.7 Å². The Balaban J connectivity index is 1.74. The summed E-state index contributed by atoms with van der Waals surface area (Å²) < 4.78 is 5.72. The molecule has 148 valence electrons. The molecule has 2 aliphatic heterocycles. The summed E-state index contributed by atoms with van der Waals surface area (Å²) in [7, 11) is 0. The molecule has 3 unspecified atom stereocenters. The minimum Gasteiger partial charge on any atom is -0.507 e. The summed E-state index contributed by atoms with van der Waals surface area (Å²) in [5.41, 5.74) is 0.710. The van der Waals surface area contributed by atoms with Crippen LogP contribution < -0.4 is 0 Å². The van der Waals surface area contributed by atoms with Crippen molar-refractivity contribution in [2.75, 3.05) is 13.2 Å². The maximum absolute atomic E-state index is 12.9. The zero-order chi connectivity index (χ0) is 19.7. The Kier molecular flexibility index (Phi) is 5.56. The third-order valence-corrected chi connectivity index (χ3v) is 6.14. The maximum Gasteiger partial charge on any atom is 0.295 e. The number of rotatable bonds is 4. The monoisotopic (exact) mass is 401 g/mol. The molecule has 0 bridgehead atoms. The van der Waals surface area contributed by atoms with Gasteiger partial charge in [0.15, 0.2) is 0 Å². The van der Waals surface area contributed by atoms with E-state index in [2.05, 4.69) is 12.2 Å². The molecule has 2 saturated heterocycles. The van der Waals surface area contributed by atoms with E-state index in [-0.39, 0.29) is 23.4 Å². The third-order valence-electron chi connectivity index (χ3n) is 5.88. The van der Waals surface area contributed by atoms with Gasteiger partial charge in [0.05, 0.1) is 17.7 Å². The summed E-state index contributed by atoms with van der Waals surface area (Å²) >= 11 is 5.95. The van der Waals surface area contributed by atoms with E-state index in [1.165, 1.54) is 0 Å². The fourth-order valence-corrected chi connectivity index (χ4v) is 4.60. The topological polar surface area (TPSA) is 66.8 Å². The molecule has 1 amide bonds. The number of hydrogen-bond donors (Lipinski definition) is 1. The smallest absolute Gasteiger partial charge is 0.295 e. The van der Waals surface area contributed by atoms with Crippen LogP contribution in [0.15, 0.2) is 42.0 Å². The maximum atomic E-state index is 12.9. The molecule has 3 aliphatic rings. The van der Waals surface area contributed by atoms with E-state index in [1.807, 2.05) is 0 Å². The Labute approximate surface area is 169 Å². The second-order valence-electron chi connectivity index (χ2n) is 7.68. The van der Waals surface area contributed by atoms with Gasteiger partial charge in [0, 0.05) is 23.7 Å². The molecular weight excluding hydrogens is 378 g/mol. The Morgan fingerprint density at radius 1 is 1.18 bits per heavy atom. The number of likely N-dealkylation sites (tertiary alicyclic amines) is 1. The number of allylic oxidation sites excluding steroid dienone is 2. The molecule has 1 aromatic rings. The lowest BCUT2D eigenvalue weighted by molar-refractivity contribution is -0.141. The molecule has 5 nitrogen and oxygen atoms in total. The number of ketones is 1. The third kappa shape index (κ3) is 3.61. The molecule has 1 N–H and O–H groups in total. The van der Waals surface area contributed by atoms with Gasteiger partial charge in [0.1, 0.15) is 5.76 Å². The molecule has 0 spiro atoms. The van der Waals surface area contributed by atoms with E-state index in [0.29, 0.717) is 23.7 Å². The van der Waals surface area contributed by atoms with Gasteiger partial charge in [-0.1, -0.05) is 23.8 Å². The summed E-state index contributed by atoms with van der Waals surface area (Å²) in [4.78, 5) is 27.5. The van der Waals surface area contributed by atoms with Gasteiger partial charge in [0.2, 0.25) is 0 Å². The van der Waals surface area contributed by atoms with Crippen LogP contribution in [0.1, 0.15) is 37.7 Å². The van der Waals surface area contributed by atoms with Gasteiger partial charge in [-0.3, -0.25) is 9.59 Å². The summed E-state index contributed by atoms with van der Waals surface area (Å²) in [6.45, 7) is 1.09. The molecule has 1 aliphatic carbocycles. The van der Waals surface area contributed by atoms with Crippen molar-refractivity contribution in [2.45, 2.75) is 44.2 Å². The molecule has 3 atom stereocenters. The van der Waals surface area contributed by atoms with Crippen LogP contribution in [0.2, 0.25) is 5.02 Å². The molecule has 0 saturated carbocycles. The highest BCUT2D eigenvalue weighted by atomic mass is 35.5. The lowest BCUT2D eigenvalue weighted by Crippen LogP contribution is -2.43. The Hall–Kier alpha value is -2.11. The molecule has 1 aromatic carbocycles. The molecule has 4 rings (SSSR count). The van der Waals surface area contributed by atoms with Gasteiger partial charge in [-0.05, 0) is 62.3 Å². The van der Waals surface area contributed by atoms with Crippen molar-refractivity contribution in [1.82, 2.24) is 4.90 Å². The van der Waals surface area contributed by atoms with Gasteiger partial charge in [-0.25, -0.2) is 0 Å². The number of amides is 1. The van der Waals surface area contributed by atoms with E-state index in [1.54, 1.807) is 29.2 Å². The zero-order valence-electron chi connectivity index (χ0n) is 15.6. The van der Waals surface area contributed by atoms with Crippen LogP contribution in [-0.4, -0.2) is 47.0 Å². The molecule has 2 heterocycles. The normalized spacial score (nSPS) is 29.6. The Morgan fingerprint density at radius 3 is 2.61 bits per heavy atom. The van der Waals surface area contributed by atoms with Crippen molar-refractivity contribution in [2.24, 2.45) is 5.92 Å². The first-order chi connectivity index (χ1) is 13.6. The van der Waals surface area contributed by atoms with Crippen LogP contribution in [0.25, 0.3) is 5.76 Å². The number of benzene rings is 1. The molecule has 2 fully saturated rings. The number of halogens is 1. The van der Waals surface area contributed by atoms with Crippen LogP contribution in [0.5, 0.6) is 0 Å². The zero-order valence-corrected chi connectivity index (χ0v) is 16.4. The predicted molar refractivity (Wildman–Crippen MR) is 107 cm³/mol. The number of hydrogen-bond acceptors (Lipinski definition) is 4. The average molecular weight is 402 g/mol. The lowest BCUT2D eigenvalue weighted by atomic mass is 9.83. The van der Waals surface area contributed by atoms with Crippen LogP contribution in [-0.2, 0) is 14.3 Å². The number of carbonyl (C=O) groups excluding carboxylic acids is 2. The number of ether oxygens (including phenoxy) is 1.